The smallest absolute Gasteiger partial charge is 0.357 e. The molecule has 1 atom stereocenters. The molecule has 0 aromatic carbocycles. The molecule has 1 saturated carbocycles. The molecule has 0 bridgehead atoms. The van der Waals surface area contributed by atoms with Crippen LogP contribution >= 0.6 is 0 Å². The Labute approximate surface area is 138 Å². The first-order valence-corrected chi connectivity index (χ1v) is 7.83. The lowest BCUT2D eigenvalue weighted by Gasteiger charge is -2.32. The number of carbonyl (C=O) groups is 1. The Hall–Kier alpha value is -2.24. The highest BCUT2D eigenvalue weighted by molar-refractivity contribution is 5.84. The zero-order valence-electron chi connectivity index (χ0n) is 13.4. The lowest BCUT2D eigenvalue weighted by atomic mass is 9.82. The highest BCUT2D eigenvalue weighted by atomic mass is 19.4. The summed E-state index contributed by atoms with van der Waals surface area (Å²) < 4.78 is 37.7. The molecule has 0 saturated heterocycles. The van der Waals surface area contributed by atoms with Crippen LogP contribution in [0.4, 0.5) is 19.0 Å². The Bertz CT molecular complexity index is 613. The Morgan fingerprint density at radius 1 is 1.46 bits per heavy atom. The van der Waals surface area contributed by atoms with E-state index in [9.17, 15) is 23.2 Å². The molecule has 1 aliphatic rings. The molecular formula is C15H20F3N5O. The van der Waals surface area contributed by atoms with E-state index in [1.54, 1.807) is 6.92 Å². The summed E-state index contributed by atoms with van der Waals surface area (Å²) in [5.41, 5.74) is -0.846. The number of halogens is 3. The first kappa shape index (κ1) is 18.1. The average Bonchev–Trinajstić information content (AvgIpc) is 2.93. The first-order chi connectivity index (χ1) is 11.2. The van der Waals surface area contributed by atoms with Gasteiger partial charge < -0.3 is 10.6 Å². The van der Waals surface area contributed by atoms with Crippen LogP contribution in [0.1, 0.15) is 39.0 Å². The van der Waals surface area contributed by atoms with E-state index < -0.39 is 24.3 Å². The maximum Gasteiger partial charge on any atom is 0.408 e. The molecule has 1 aromatic rings. The average molecular weight is 343 g/mol. The maximum atomic E-state index is 12.3. The van der Waals surface area contributed by atoms with Gasteiger partial charge in [0.05, 0.1) is 6.07 Å². The summed E-state index contributed by atoms with van der Waals surface area (Å²) >= 11 is 0. The fourth-order valence-electron chi connectivity index (χ4n) is 2.76. The van der Waals surface area contributed by atoms with Crippen LogP contribution in [0, 0.1) is 11.3 Å². The Kier molecular flexibility index (Phi) is 5.36. The van der Waals surface area contributed by atoms with Gasteiger partial charge in [-0.1, -0.05) is 19.3 Å². The number of hydrogen-bond donors (Lipinski definition) is 2. The minimum Gasteiger partial charge on any atom is -0.357 e. The van der Waals surface area contributed by atoms with Crippen molar-refractivity contribution in [3.8, 4) is 6.07 Å². The van der Waals surface area contributed by atoms with Crippen LogP contribution in [0.15, 0.2) is 12.3 Å². The van der Waals surface area contributed by atoms with Crippen LogP contribution < -0.4 is 10.6 Å². The lowest BCUT2D eigenvalue weighted by molar-refractivity contribution is -0.142. The topological polar surface area (TPSA) is 82.7 Å². The fourth-order valence-corrected chi connectivity index (χ4v) is 2.76. The highest BCUT2D eigenvalue weighted by Crippen LogP contribution is 2.27. The predicted molar refractivity (Wildman–Crippen MR) is 80.9 cm³/mol. The molecule has 0 spiro atoms. The van der Waals surface area contributed by atoms with Crippen LogP contribution in [0.5, 0.6) is 0 Å². The van der Waals surface area contributed by atoms with Gasteiger partial charge in [0, 0.05) is 12.3 Å². The zero-order chi connectivity index (χ0) is 17.8. The second-order valence-electron chi connectivity index (χ2n) is 6.12. The third-order valence-corrected chi connectivity index (χ3v) is 4.02. The molecule has 1 heterocycles. The molecule has 2 rings (SSSR count). The molecule has 1 fully saturated rings. The molecule has 1 aliphatic carbocycles. The Balaban J connectivity index is 1.93. The van der Waals surface area contributed by atoms with Crippen molar-refractivity contribution in [1.29, 1.82) is 5.26 Å². The standard InChI is InChI=1S/C15H20F3N5O/c1-11(13(24)21-14(9-19)6-3-2-4-7-14)20-12-5-8-23(22-12)10-15(16,17)18/h5,8,11H,2-4,6-7,10H2,1H3,(H,20,22)(H,21,24)/t11-/m1/s1. The quantitative estimate of drug-likeness (QED) is 0.861. The van der Waals surface area contributed by atoms with Crippen LogP contribution in [0.25, 0.3) is 0 Å². The number of anilines is 1. The molecule has 24 heavy (non-hydrogen) atoms. The molecule has 132 valence electrons. The van der Waals surface area contributed by atoms with E-state index in [1.807, 2.05) is 0 Å². The molecule has 9 heteroatoms. The fraction of sp³-hybridized carbons (Fsp3) is 0.667. The molecular weight excluding hydrogens is 323 g/mol. The van der Waals surface area contributed by atoms with Crippen LogP contribution in [0.3, 0.4) is 0 Å². The lowest BCUT2D eigenvalue weighted by Crippen LogP contribution is -2.52. The number of nitrogens with zero attached hydrogens (tertiary/aromatic N) is 3. The van der Waals surface area contributed by atoms with Crippen molar-refractivity contribution in [2.75, 3.05) is 5.32 Å². The SMILES string of the molecule is C[C@@H](Nc1ccn(CC(F)(F)F)n1)C(=O)NC1(C#N)CCCCC1. The van der Waals surface area contributed by atoms with Gasteiger partial charge in [0.25, 0.3) is 0 Å². The largest absolute Gasteiger partial charge is 0.408 e. The monoisotopic (exact) mass is 343 g/mol. The minimum atomic E-state index is -4.35. The Morgan fingerprint density at radius 3 is 2.71 bits per heavy atom. The maximum absolute atomic E-state index is 12.3. The van der Waals surface area contributed by atoms with E-state index >= 15 is 0 Å². The summed E-state index contributed by atoms with van der Waals surface area (Å²) in [5, 5.41) is 18.6. The summed E-state index contributed by atoms with van der Waals surface area (Å²) in [7, 11) is 0. The van der Waals surface area contributed by atoms with Crippen LogP contribution in [-0.4, -0.2) is 33.4 Å². The van der Waals surface area contributed by atoms with Crippen molar-refractivity contribution in [3.05, 3.63) is 12.3 Å². The summed E-state index contributed by atoms with van der Waals surface area (Å²) in [5.74, 6) is -0.194. The molecule has 0 aliphatic heterocycles. The van der Waals surface area contributed by atoms with Gasteiger partial charge in [-0.25, -0.2) is 0 Å². The summed E-state index contributed by atoms with van der Waals surface area (Å²) in [6.07, 6.45) is 0.883. The molecule has 2 N–H and O–H groups in total. The molecule has 0 unspecified atom stereocenters. The molecule has 0 radical (unpaired) electrons. The number of amides is 1. The number of nitrogens with one attached hydrogen (secondary N) is 2. The molecule has 1 amide bonds. The van der Waals surface area contributed by atoms with Gasteiger partial charge in [-0.15, -0.1) is 0 Å². The predicted octanol–water partition coefficient (Wildman–Crippen LogP) is 2.59. The van der Waals surface area contributed by atoms with Gasteiger partial charge in [0.1, 0.15) is 23.9 Å². The van der Waals surface area contributed by atoms with E-state index in [0.29, 0.717) is 12.8 Å². The third kappa shape index (κ3) is 4.88. The third-order valence-electron chi connectivity index (χ3n) is 4.02. The van der Waals surface area contributed by atoms with E-state index in [-0.39, 0.29) is 11.7 Å². The summed E-state index contributed by atoms with van der Waals surface area (Å²) in [6, 6.07) is 2.85. The van der Waals surface area contributed by atoms with Gasteiger partial charge in [0.2, 0.25) is 5.91 Å². The van der Waals surface area contributed by atoms with Gasteiger partial charge in [-0.2, -0.15) is 23.5 Å². The van der Waals surface area contributed by atoms with Crippen molar-refractivity contribution < 1.29 is 18.0 Å². The molecule has 1 aromatic heterocycles. The zero-order valence-corrected chi connectivity index (χ0v) is 13.4. The van der Waals surface area contributed by atoms with Gasteiger partial charge in [0.15, 0.2) is 0 Å². The van der Waals surface area contributed by atoms with E-state index in [2.05, 4.69) is 21.8 Å². The van der Waals surface area contributed by atoms with E-state index in [1.165, 1.54) is 12.3 Å². The van der Waals surface area contributed by atoms with Crippen LogP contribution in [-0.2, 0) is 11.3 Å². The number of aromatic nitrogens is 2. The number of nitriles is 1. The van der Waals surface area contributed by atoms with Crippen molar-refractivity contribution in [2.24, 2.45) is 0 Å². The van der Waals surface area contributed by atoms with Crippen LogP contribution in [0.2, 0.25) is 0 Å². The van der Waals surface area contributed by atoms with Gasteiger partial charge >= 0.3 is 6.18 Å². The molecule has 6 nitrogen and oxygen atoms in total. The van der Waals surface area contributed by atoms with Crippen molar-refractivity contribution in [3.63, 3.8) is 0 Å². The minimum absolute atomic E-state index is 0.177. The second-order valence-corrected chi connectivity index (χ2v) is 6.12. The first-order valence-electron chi connectivity index (χ1n) is 7.83. The van der Waals surface area contributed by atoms with Gasteiger partial charge in [-0.3, -0.25) is 9.48 Å². The highest BCUT2D eigenvalue weighted by Gasteiger charge is 2.35. The summed E-state index contributed by atoms with van der Waals surface area (Å²) in [4.78, 5) is 12.3. The number of carbonyl (C=O) groups excluding carboxylic acids is 1. The number of rotatable bonds is 5. The summed E-state index contributed by atoms with van der Waals surface area (Å²) in [6.45, 7) is 0.388. The van der Waals surface area contributed by atoms with Crippen molar-refractivity contribution >= 4 is 11.7 Å². The Morgan fingerprint density at radius 2 is 2.12 bits per heavy atom. The van der Waals surface area contributed by atoms with E-state index in [4.69, 9.17) is 0 Å². The number of hydrogen-bond acceptors (Lipinski definition) is 4. The number of alkyl halides is 3. The normalized spacial score (nSPS) is 18.5. The van der Waals surface area contributed by atoms with E-state index in [0.717, 1.165) is 23.9 Å². The van der Waals surface area contributed by atoms with Crippen molar-refractivity contribution in [2.45, 2.75) is 63.3 Å². The second kappa shape index (κ2) is 7.11. The van der Waals surface area contributed by atoms with Gasteiger partial charge in [-0.05, 0) is 19.8 Å². The van der Waals surface area contributed by atoms with Crippen molar-refractivity contribution in [1.82, 2.24) is 15.1 Å².